The van der Waals surface area contributed by atoms with Crippen LogP contribution >= 0.6 is 0 Å². The highest BCUT2D eigenvalue weighted by molar-refractivity contribution is 7.89. The Labute approximate surface area is 180 Å². The number of aryl methyl sites for hydroxylation is 2. The van der Waals surface area contributed by atoms with Gasteiger partial charge in [-0.3, -0.25) is 10.1 Å². The molecule has 1 aliphatic heterocycles. The molecule has 1 fully saturated rings. The van der Waals surface area contributed by atoms with Crippen molar-refractivity contribution in [3.63, 3.8) is 0 Å². The fourth-order valence-corrected chi connectivity index (χ4v) is 4.78. The molecule has 1 aliphatic rings. The fourth-order valence-electron chi connectivity index (χ4n) is 3.37. The number of carbonyl (C=O) groups excluding carboxylic acids is 1. The molecule has 0 bridgehead atoms. The Bertz CT molecular complexity index is 1180. The minimum atomic E-state index is -3.62. The zero-order chi connectivity index (χ0) is 22.0. The van der Waals surface area contributed by atoms with E-state index in [0.717, 1.165) is 16.7 Å². The largest absolute Gasteiger partial charge is 0.403 e. The van der Waals surface area contributed by atoms with Gasteiger partial charge in [-0.25, -0.2) is 8.42 Å². The molecule has 1 amide bonds. The van der Waals surface area contributed by atoms with E-state index in [1.54, 1.807) is 0 Å². The Balaban J connectivity index is 1.46. The minimum absolute atomic E-state index is 0.0378. The molecule has 0 spiro atoms. The monoisotopic (exact) mass is 442 g/mol. The number of morpholine rings is 1. The maximum atomic E-state index is 12.7. The van der Waals surface area contributed by atoms with Crippen LogP contribution in [0.1, 0.15) is 21.5 Å². The van der Waals surface area contributed by atoms with Gasteiger partial charge in [-0.1, -0.05) is 22.3 Å². The zero-order valence-electron chi connectivity index (χ0n) is 17.2. The Kier molecular flexibility index (Phi) is 5.86. The third kappa shape index (κ3) is 4.66. The number of nitrogens with one attached hydrogen (secondary N) is 1. The molecule has 0 unspecified atom stereocenters. The molecule has 2 heterocycles. The van der Waals surface area contributed by atoms with Gasteiger partial charge in [0.05, 0.1) is 18.1 Å². The van der Waals surface area contributed by atoms with Crippen LogP contribution in [-0.4, -0.2) is 55.1 Å². The van der Waals surface area contributed by atoms with Crippen LogP contribution in [-0.2, 0) is 14.8 Å². The van der Waals surface area contributed by atoms with E-state index in [9.17, 15) is 13.2 Å². The second-order valence-corrected chi connectivity index (χ2v) is 9.22. The van der Waals surface area contributed by atoms with Crippen molar-refractivity contribution in [1.82, 2.24) is 14.5 Å². The Morgan fingerprint density at radius 2 is 1.65 bits per heavy atom. The van der Waals surface area contributed by atoms with E-state index in [4.69, 9.17) is 9.15 Å². The first-order chi connectivity index (χ1) is 14.8. The lowest BCUT2D eigenvalue weighted by molar-refractivity contribution is 0.0730. The smallest absolute Gasteiger partial charge is 0.322 e. The van der Waals surface area contributed by atoms with Crippen LogP contribution < -0.4 is 5.32 Å². The zero-order valence-corrected chi connectivity index (χ0v) is 18.0. The Morgan fingerprint density at radius 1 is 1.00 bits per heavy atom. The highest BCUT2D eigenvalue weighted by atomic mass is 32.2. The van der Waals surface area contributed by atoms with E-state index in [1.807, 2.05) is 32.0 Å². The van der Waals surface area contributed by atoms with Crippen LogP contribution in [0.25, 0.3) is 11.5 Å². The van der Waals surface area contributed by atoms with Crippen molar-refractivity contribution in [3.05, 3.63) is 59.2 Å². The average molecular weight is 442 g/mol. The van der Waals surface area contributed by atoms with E-state index >= 15 is 0 Å². The third-order valence-corrected chi connectivity index (χ3v) is 6.75. The molecule has 0 atom stereocenters. The molecule has 10 heteroatoms. The topological polar surface area (TPSA) is 115 Å². The minimum Gasteiger partial charge on any atom is -0.403 e. The van der Waals surface area contributed by atoms with Gasteiger partial charge < -0.3 is 9.15 Å². The number of sulfonamides is 1. The Morgan fingerprint density at radius 3 is 2.29 bits per heavy atom. The first-order valence-electron chi connectivity index (χ1n) is 9.74. The number of carbonyl (C=O) groups is 1. The van der Waals surface area contributed by atoms with Gasteiger partial charge in [-0.15, -0.1) is 5.10 Å². The van der Waals surface area contributed by atoms with Crippen molar-refractivity contribution < 1.29 is 22.4 Å². The van der Waals surface area contributed by atoms with Gasteiger partial charge in [-0.2, -0.15) is 4.31 Å². The molecular formula is C21H22N4O5S. The van der Waals surface area contributed by atoms with Crippen LogP contribution in [0, 0.1) is 13.8 Å². The molecular weight excluding hydrogens is 420 g/mol. The molecule has 162 valence electrons. The van der Waals surface area contributed by atoms with Crippen LogP contribution in [0.4, 0.5) is 6.01 Å². The quantitative estimate of drug-likeness (QED) is 0.646. The predicted molar refractivity (Wildman–Crippen MR) is 113 cm³/mol. The summed E-state index contributed by atoms with van der Waals surface area (Å²) in [6.45, 7) is 5.30. The number of hydrogen-bond donors (Lipinski definition) is 1. The summed E-state index contributed by atoms with van der Waals surface area (Å²) in [4.78, 5) is 12.6. The second-order valence-electron chi connectivity index (χ2n) is 7.28. The van der Waals surface area contributed by atoms with Crippen LogP contribution in [0.15, 0.2) is 51.8 Å². The molecule has 0 aliphatic carbocycles. The molecule has 3 aromatic rings. The van der Waals surface area contributed by atoms with E-state index in [0.29, 0.717) is 32.2 Å². The molecule has 1 N–H and O–H groups in total. The van der Waals surface area contributed by atoms with E-state index < -0.39 is 15.9 Å². The lowest BCUT2D eigenvalue weighted by Gasteiger charge is -2.26. The van der Waals surface area contributed by atoms with E-state index in [-0.39, 0.29) is 16.5 Å². The normalized spacial score (nSPS) is 15.0. The van der Waals surface area contributed by atoms with Crippen molar-refractivity contribution >= 4 is 21.9 Å². The van der Waals surface area contributed by atoms with Crippen LogP contribution in [0.5, 0.6) is 0 Å². The van der Waals surface area contributed by atoms with Crippen molar-refractivity contribution in [3.8, 4) is 11.5 Å². The van der Waals surface area contributed by atoms with Gasteiger partial charge in [-0.05, 0) is 50.2 Å². The number of benzene rings is 2. The maximum Gasteiger partial charge on any atom is 0.322 e. The first-order valence-corrected chi connectivity index (χ1v) is 11.2. The summed E-state index contributed by atoms with van der Waals surface area (Å²) in [7, 11) is -3.62. The lowest BCUT2D eigenvalue weighted by atomic mass is 10.1. The van der Waals surface area contributed by atoms with E-state index in [1.165, 1.54) is 28.6 Å². The molecule has 1 aromatic heterocycles. The number of anilines is 1. The average Bonchev–Trinajstić information content (AvgIpc) is 3.22. The summed E-state index contributed by atoms with van der Waals surface area (Å²) in [5.41, 5.74) is 3.16. The van der Waals surface area contributed by atoms with Gasteiger partial charge in [0.15, 0.2) is 0 Å². The van der Waals surface area contributed by atoms with Crippen molar-refractivity contribution in [2.24, 2.45) is 0 Å². The first kappa shape index (κ1) is 21.2. The van der Waals surface area contributed by atoms with Crippen molar-refractivity contribution in [2.75, 3.05) is 31.6 Å². The summed E-state index contributed by atoms with van der Waals surface area (Å²) in [5.74, 6) is -0.181. The number of hydrogen-bond acceptors (Lipinski definition) is 7. The predicted octanol–water partition coefficient (Wildman–Crippen LogP) is 2.63. The van der Waals surface area contributed by atoms with Crippen LogP contribution in [0.3, 0.4) is 0 Å². The summed E-state index contributed by atoms with van der Waals surface area (Å²) in [5, 5.41) is 10.4. The van der Waals surface area contributed by atoms with Gasteiger partial charge in [0.1, 0.15) is 0 Å². The number of amides is 1. The summed E-state index contributed by atoms with van der Waals surface area (Å²) in [6.07, 6.45) is 0. The van der Waals surface area contributed by atoms with Gasteiger partial charge in [0.25, 0.3) is 5.91 Å². The summed E-state index contributed by atoms with van der Waals surface area (Å²) >= 11 is 0. The molecule has 0 saturated carbocycles. The highest BCUT2D eigenvalue weighted by Crippen LogP contribution is 2.23. The molecule has 4 rings (SSSR count). The Hall–Kier alpha value is -3.08. The third-order valence-electron chi connectivity index (χ3n) is 4.84. The highest BCUT2D eigenvalue weighted by Gasteiger charge is 2.26. The second kappa shape index (κ2) is 8.58. The molecule has 2 aromatic carbocycles. The summed E-state index contributed by atoms with van der Waals surface area (Å²) in [6, 6.07) is 11.5. The van der Waals surface area contributed by atoms with Gasteiger partial charge in [0.2, 0.25) is 15.9 Å². The SMILES string of the molecule is Cc1cc(C)cc(-c2nnc(NC(=O)c3ccc(S(=O)(=O)N4CCOCC4)cc3)o2)c1. The lowest BCUT2D eigenvalue weighted by Crippen LogP contribution is -2.40. The van der Waals surface area contributed by atoms with Gasteiger partial charge in [0, 0.05) is 24.2 Å². The molecule has 1 saturated heterocycles. The summed E-state index contributed by atoms with van der Waals surface area (Å²) < 4.78 is 37.5. The van der Waals surface area contributed by atoms with Crippen molar-refractivity contribution in [2.45, 2.75) is 18.7 Å². The van der Waals surface area contributed by atoms with Crippen molar-refractivity contribution in [1.29, 1.82) is 0 Å². The van der Waals surface area contributed by atoms with Gasteiger partial charge >= 0.3 is 6.01 Å². The fraction of sp³-hybridized carbons (Fsp3) is 0.286. The van der Waals surface area contributed by atoms with E-state index in [2.05, 4.69) is 15.5 Å². The standard InChI is InChI=1S/C21H22N4O5S/c1-14-11-15(2)13-17(12-14)20-23-24-21(30-20)22-19(26)16-3-5-18(6-4-16)31(27,28)25-7-9-29-10-8-25/h3-6,11-13H,7-10H2,1-2H3,(H,22,24,26). The molecule has 0 radical (unpaired) electrons. The molecule has 9 nitrogen and oxygen atoms in total. The molecule has 31 heavy (non-hydrogen) atoms. The number of ether oxygens (including phenoxy) is 1. The number of rotatable bonds is 5. The maximum absolute atomic E-state index is 12.7. The number of nitrogens with zero attached hydrogens (tertiary/aromatic N) is 3. The van der Waals surface area contributed by atoms with Crippen LogP contribution in [0.2, 0.25) is 0 Å². The number of aromatic nitrogens is 2.